The van der Waals surface area contributed by atoms with Gasteiger partial charge >= 0.3 is 23.9 Å². The van der Waals surface area contributed by atoms with Crippen LogP contribution in [0.25, 0.3) is 10.4 Å². The number of thioether (sulfide) groups is 1. The number of hydrogen-bond donors (Lipinski definition) is 0. The molecular weight excluding hydrogens is 919 g/mol. The van der Waals surface area contributed by atoms with Crippen LogP contribution in [0.3, 0.4) is 0 Å². The number of rotatable bonds is 15. The largest absolute Gasteiger partial charge is 0.459 e. The highest BCUT2D eigenvalue weighted by molar-refractivity contribution is 7.99. The molecule has 9 rings (SSSR count). The number of carbonyl (C=O) groups excluding carboxylic acids is 4. The van der Waals surface area contributed by atoms with Crippen molar-refractivity contribution >= 4 is 35.6 Å². The van der Waals surface area contributed by atoms with Crippen LogP contribution < -0.4 is 0 Å². The molecule has 0 amide bonds. The average molecular weight is 964 g/mol. The second kappa shape index (κ2) is 22.8. The van der Waals surface area contributed by atoms with E-state index in [2.05, 4.69) is 10.0 Å². The van der Waals surface area contributed by atoms with E-state index < -0.39 is 97.3 Å². The standard InChI is InChI=1S/C53H45N3O13S/c54-56-55-41-44(42-40(64-53(41)70-38-29-17-6-18-30-38)32-62-51(68-42)37-27-15-5-16-28-37)69-52-46(67-50(60)36-25-13-4-14-26-36)45(66-49(59)35-23-11-3-12-24-35)43(65-48(58)34-21-9-2-10-22-34)39(63-52)31-61-47(57)33-19-7-1-8-20-33/h1-30,39-46,51-53H,31-32H2/t39-,40-,41-,42-,43+,44-,45+,46-,51?,52+,53+/m1/s1. The highest BCUT2D eigenvalue weighted by Gasteiger charge is 2.58. The molecule has 3 fully saturated rings. The van der Waals surface area contributed by atoms with Gasteiger partial charge in [0.2, 0.25) is 0 Å². The van der Waals surface area contributed by atoms with Gasteiger partial charge in [0, 0.05) is 15.4 Å². The van der Waals surface area contributed by atoms with Crippen molar-refractivity contribution in [3.05, 3.63) is 220 Å². The molecule has 0 aliphatic carbocycles. The highest BCUT2D eigenvalue weighted by Crippen LogP contribution is 2.43. The Bertz CT molecular complexity index is 2740. The van der Waals surface area contributed by atoms with Gasteiger partial charge in [-0.2, -0.15) is 0 Å². The van der Waals surface area contributed by atoms with Crippen molar-refractivity contribution in [1.82, 2.24) is 0 Å². The van der Waals surface area contributed by atoms with Crippen molar-refractivity contribution in [2.45, 2.75) is 71.7 Å². The summed E-state index contributed by atoms with van der Waals surface area (Å²) < 4.78 is 58.0. The molecule has 3 heterocycles. The summed E-state index contributed by atoms with van der Waals surface area (Å²) in [4.78, 5) is 60.3. The molecule has 0 radical (unpaired) electrons. The fourth-order valence-electron chi connectivity index (χ4n) is 8.20. The van der Waals surface area contributed by atoms with Crippen molar-refractivity contribution in [2.75, 3.05) is 13.2 Å². The Morgan fingerprint density at radius 2 is 1.03 bits per heavy atom. The molecule has 6 aromatic rings. The van der Waals surface area contributed by atoms with Crippen LogP contribution in [0.5, 0.6) is 0 Å². The first-order valence-corrected chi connectivity index (χ1v) is 23.3. The van der Waals surface area contributed by atoms with Gasteiger partial charge in [0.05, 0.1) is 28.9 Å². The highest BCUT2D eigenvalue weighted by atomic mass is 32.2. The Labute approximate surface area is 406 Å². The van der Waals surface area contributed by atoms with Gasteiger partial charge in [-0.15, -0.1) is 0 Å². The zero-order chi connectivity index (χ0) is 48.2. The topological polar surface area (TPSA) is 200 Å². The third-order valence-electron chi connectivity index (χ3n) is 11.6. The number of ether oxygens (including phenoxy) is 9. The summed E-state index contributed by atoms with van der Waals surface area (Å²) in [6, 6.07) is 49.6. The van der Waals surface area contributed by atoms with E-state index in [9.17, 15) is 24.7 Å². The maximum atomic E-state index is 14.3. The Hall–Kier alpha value is -7.34. The number of azide groups is 1. The molecule has 0 aromatic heterocycles. The Morgan fingerprint density at radius 3 is 1.56 bits per heavy atom. The Kier molecular flexibility index (Phi) is 15.6. The Morgan fingerprint density at radius 1 is 0.557 bits per heavy atom. The number of nitrogens with zero attached hydrogens (tertiary/aromatic N) is 3. The molecule has 6 aromatic carbocycles. The first-order valence-electron chi connectivity index (χ1n) is 22.4. The van der Waals surface area contributed by atoms with Crippen LogP contribution in [0.2, 0.25) is 0 Å². The number of fused-ring (bicyclic) bond motifs is 1. The SMILES string of the molecule is [N-]=[N+]=N[C@@H]1[C@@H](O[C@@H]2O[C@H](COC(=O)c3ccccc3)[C@H](OC(=O)c3ccccc3)[C@H](OC(=O)c3ccccc3)[C@H]2OC(=O)c2ccccc2)[C@@H]2OC(c3ccccc3)OC[C@H]2O[C@H]1Sc1ccccc1. The molecule has 0 spiro atoms. The summed E-state index contributed by atoms with van der Waals surface area (Å²) >= 11 is 1.27. The second-order valence-electron chi connectivity index (χ2n) is 16.2. The van der Waals surface area contributed by atoms with Crippen LogP contribution in [0, 0.1) is 0 Å². The molecule has 1 unspecified atom stereocenters. The number of carbonyl (C=O) groups is 4. The number of hydrogen-bond acceptors (Lipinski definition) is 15. The predicted molar refractivity (Wildman–Crippen MR) is 251 cm³/mol. The van der Waals surface area contributed by atoms with Crippen LogP contribution in [-0.4, -0.2) is 97.6 Å². The van der Waals surface area contributed by atoms with Crippen LogP contribution >= 0.6 is 11.8 Å². The van der Waals surface area contributed by atoms with Gasteiger partial charge in [-0.3, -0.25) is 0 Å². The lowest BCUT2D eigenvalue weighted by Gasteiger charge is -2.50. The van der Waals surface area contributed by atoms with E-state index in [1.807, 2.05) is 60.7 Å². The predicted octanol–water partition coefficient (Wildman–Crippen LogP) is 8.94. The maximum absolute atomic E-state index is 14.3. The fourth-order valence-corrected chi connectivity index (χ4v) is 9.33. The van der Waals surface area contributed by atoms with E-state index in [0.29, 0.717) is 5.56 Å². The van der Waals surface area contributed by atoms with Gasteiger partial charge < -0.3 is 42.6 Å². The summed E-state index contributed by atoms with van der Waals surface area (Å²) in [5.74, 6) is -3.38. The summed E-state index contributed by atoms with van der Waals surface area (Å²) in [5, 5.41) is 4.24. The van der Waals surface area contributed by atoms with Crippen LogP contribution in [0.1, 0.15) is 53.3 Å². The van der Waals surface area contributed by atoms with E-state index in [0.717, 1.165) is 4.90 Å². The van der Waals surface area contributed by atoms with E-state index >= 15 is 0 Å². The van der Waals surface area contributed by atoms with Gasteiger partial charge in [0.15, 0.2) is 30.9 Å². The lowest BCUT2D eigenvalue weighted by atomic mass is 9.95. The lowest BCUT2D eigenvalue weighted by Crippen LogP contribution is -2.67. The zero-order valence-electron chi connectivity index (χ0n) is 37.1. The van der Waals surface area contributed by atoms with E-state index in [1.165, 1.54) is 48.2 Å². The summed E-state index contributed by atoms with van der Waals surface area (Å²) in [7, 11) is 0. The first kappa shape index (κ1) is 47.7. The third-order valence-corrected chi connectivity index (χ3v) is 12.8. The van der Waals surface area contributed by atoms with Crippen molar-refractivity contribution in [3.63, 3.8) is 0 Å². The van der Waals surface area contributed by atoms with Crippen LogP contribution in [0.15, 0.2) is 192 Å². The average Bonchev–Trinajstić information content (AvgIpc) is 3.41. The molecule has 16 nitrogen and oxygen atoms in total. The number of benzene rings is 6. The second-order valence-corrected chi connectivity index (χ2v) is 17.3. The van der Waals surface area contributed by atoms with E-state index in [1.54, 1.807) is 84.9 Å². The molecule has 356 valence electrons. The van der Waals surface area contributed by atoms with Crippen molar-refractivity contribution in [3.8, 4) is 0 Å². The molecule has 0 N–H and O–H groups in total. The molecule has 3 aliphatic heterocycles. The quantitative estimate of drug-likeness (QED) is 0.0310. The lowest BCUT2D eigenvalue weighted by molar-refractivity contribution is -0.353. The maximum Gasteiger partial charge on any atom is 0.338 e. The van der Waals surface area contributed by atoms with Gasteiger partial charge in [-0.1, -0.05) is 138 Å². The molecule has 0 saturated carbocycles. The molecule has 17 heteroatoms. The fraction of sp³-hybridized carbons (Fsp3) is 0.245. The minimum Gasteiger partial charge on any atom is -0.459 e. The van der Waals surface area contributed by atoms with Gasteiger partial charge in [0.25, 0.3) is 0 Å². The van der Waals surface area contributed by atoms with Crippen molar-refractivity contribution in [1.29, 1.82) is 0 Å². The van der Waals surface area contributed by atoms with Gasteiger partial charge in [0.1, 0.15) is 42.5 Å². The minimum absolute atomic E-state index is 0.0176. The first-order chi connectivity index (χ1) is 34.3. The summed E-state index contributed by atoms with van der Waals surface area (Å²) in [6.45, 7) is -0.574. The monoisotopic (exact) mass is 963 g/mol. The van der Waals surface area contributed by atoms with Crippen molar-refractivity contribution in [2.24, 2.45) is 5.11 Å². The van der Waals surface area contributed by atoms with Crippen LogP contribution in [-0.2, 0) is 42.6 Å². The minimum atomic E-state index is -1.75. The molecule has 3 aliphatic rings. The summed E-state index contributed by atoms with van der Waals surface area (Å²) in [5.41, 5.74) is 10.5. The van der Waals surface area contributed by atoms with Gasteiger partial charge in [-0.25, -0.2) is 19.2 Å². The number of esters is 4. The smallest absolute Gasteiger partial charge is 0.338 e. The molecule has 11 atom stereocenters. The van der Waals surface area contributed by atoms with E-state index in [4.69, 9.17) is 42.6 Å². The normalized spacial score (nSPS) is 26.0. The third kappa shape index (κ3) is 11.4. The summed E-state index contributed by atoms with van der Waals surface area (Å²) in [6.07, 6.45) is -12.4. The van der Waals surface area contributed by atoms with E-state index in [-0.39, 0.29) is 28.9 Å². The molecule has 70 heavy (non-hydrogen) atoms. The van der Waals surface area contributed by atoms with Crippen LogP contribution in [0.4, 0.5) is 0 Å². The molecular formula is C53H45N3O13S. The molecule has 0 bridgehead atoms. The zero-order valence-corrected chi connectivity index (χ0v) is 38.0. The molecule has 3 saturated heterocycles. The van der Waals surface area contributed by atoms with Gasteiger partial charge in [-0.05, 0) is 66.2 Å². The van der Waals surface area contributed by atoms with Crippen molar-refractivity contribution < 1.29 is 61.8 Å². The Balaban J connectivity index is 1.16.